The first-order chi connectivity index (χ1) is 12.2. The van der Waals surface area contributed by atoms with Gasteiger partial charge in [-0.15, -0.1) is 0 Å². The summed E-state index contributed by atoms with van der Waals surface area (Å²) in [5.41, 5.74) is 0.681. The van der Waals surface area contributed by atoms with Crippen molar-refractivity contribution in [1.82, 2.24) is 20.4 Å². The third-order valence-corrected chi connectivity index (χ3v) is 5.09. The van der Waals surface area contributed by atoms with Crippen molar-refractivity contribution in [2.75, 3.05) is 6.54 Å². The van der Waals surface area contributed by atoms with Crippen LogP contribution in [0.1, 0.15) is 36.3 Å². The van der Waals surface area contributed by atoms with Crippen LogP contribution in [0.2, 0.25) is 0 Å². The topological polar surface area (TPSA) is 41.9 Å². The molecule has 2 N–H and O–H groups in total. The molecule has 1 aromatic heterocycles. The summed E-state index contributed by atoms with van der Waals surface area (Å²) in [7, 11) is 0. The number of nitrogens with one attached hydrogen (secondary N) is 2. The van der Waals surface area contributed by atoms with Gasteiger partial charge in [-0.3, -0.25) is 4.68 Å². The van der Waals surface area contributed by atoms with Gasteiger partial charge in [0.05, 0.1) is 16.2 Å². The monoisotopic (exact) mass is 448 g/mol. The number of rotatable bonds is 6. The first-order valence-electron chi connectivity index (χ1n) is 8.09. The Morgan fingerprint density at radius 3 is 2.54 bits per heavy atom. The fraction of sp³-hybridized carbons (Fsp3) is 0.412. The van der Waals surface area contributed by atoms with E-state index in [1.165, 1.54) is 4.68 Å². The zero-order valence-electron chi connectivity index (χ0n) is 14.4. The van der Waals surface area contributed by atoms with Gasteiger partial charge in [-0.05, 0) is 54.0 Å². The predicted molar refractivity (Wildman–Crippen MR) is 103 cm³/mol. The average molecular weight is 449 g/mol. The Hall–Kier alpha value is -1.61. The molecule has 0 saturated carbocycles. The van der Waals surface area contributed by atoms with Crippen molar-refractivity contribution in [3.63, 3.8) is 0 Å². The van der Waals surface area contributed by atoms with Gasteiger partial charge in [0.25, 0.3) is 0 Å². The maximum atomic E-state index is 12.9. The molecule has 2 aromatic rings. The lowest BCUT2D eigenvalue weighted by Crippen LogP contribution is -2.37. The van der Waals surface area contributed by atoms with E-state index < -0.39 is 11.9 Å². The molecule has 1 atom stereocenters. The molecular formula is C17H20BrF3N4S. The summed E-state index contributed by atoms with van der Waals surface area (Å²) >= 11 is 8.23. The fourth-order valence-electron chi connectivity index (χ4n) is 2.43. The maximum absolute atomic E-state index is 12.9. The predicted octanol–water partition coefficient (Wildman–Crippen LogP) is 4.59. The Balaban J connectivity index is 1.79. The molecule has 1 heterocycles. The molecule has 1 aromatic carbocycles. The van der Waals surface area contributed by atoms with Crippen molar-refractivity contribution in [2.45, 2.75) is 39.0 Å². The van der Waals surface area contributed by atoms with Crippen molar-refractivity contribution in [3.8, 4) is 0 Å². The quantitative estimate of drug-likeness (QED) is 0.500. The minimum atomic E-state index is -4.47. The van der Waals surface area contributed by atoms with Crippen LogP contribution in [-0.4, -0.2) is 21.4 Å². The molecule has 4 nitrogen and oxygen atoms in total. The molecule has 9 heteroatoms. The molecule has 0 saturated heterocycles. The summed E-state index contributed by atoms with van der Waals surface area (Å²) in [4.78, 5) is 0. The van der Waals surface area contributed by atoms with E-state index >= 15 is 0 Å². The Labute approximate surface area is 164 Å². The van der Waals surface area contributed by atoms with E-state index in [-0.39, 0.29) is 10.5 Å². The number of thiocarbonyl (C=S) groups is 1. The molecule has 0 amide bonds. The van der Waals surface area contributed by atoms with Crippen LogP contribution < -0.4 is 10.6 Å². The number of halogens is 4. The highest BCUT2D eigenvalue weighted by molar-refractivity contribution is 9.10. The second kappa shape index (κ2) is 8.85. The number of hydrogen-bond donors (Lipinski definition) is 2. The highest BCUT2D eigenvalue weighted by atomic mass is 79.9. The highest BCUT2D eigenvalue weighted by Gasteiger charge is 2.37. The fourth-order valence-corrected chi connectivity index (χ4v) is 3.21. The van der Waals surface area contributed by atoms with Crippen molar-refractivity contribution < 1.29 is 13.2 Å². The number of aryl methyl sites for hydroxylation is 1. The molecule has 1 unspecified atom stereocenters. The molecule has 0 aliphatic rings. The third-order valence-electron chi connectivity index (χ3n) is 3.88. The third kappa shape index (κ3) is 5.44. The molecule has 2 rings (SSSR count). The minimum absolute atomic E-state index is 0.00756. The van der Waals surface area contributed by atoms with Crippen LogP contribution in [0.15, 0.2) is 34.8 Å². The van der Waals surface area contributed by atoms with Gasteiger partial charge >= 0.3 is 6.18 Å². The summed E-state index contributed by atoms with van der Waals surface area (Å²) in [5, 5.41) is 10.4. The lowest BCUT2D eigenvalue weighted by molar-refractivity contribution is -0.142. The van der Waals surface area contributed by atoms with Crippen LogP contribution in [-0.2, 0) is 12.7 Å². The molecule has 0 spiro atoms. The van der Waals surface area contributed by atoms with Crippen LogP contribution in [0.3, 0.4) is 0 Å². The van der Waals surface area contributed by atoms with Crippen LogP contribution in [0.5, 0.6) is 0 Å². The van der Waals surface area contributed by atoms with Crippen molar-refractivity contribution in [1.29, 1.82) is 0 Å². The first kappa shape index (κ1) is 20.7. The number of alkyl halides is 3. The van der Waals surface area contributed by atoms with Gasteiger partial charge in [0.2, 0.25) is 0 Å². The zero-order chi connectivity index (χ0) is 19.3. The van der Waals surface area contributed by atoms with Gasteiger partial charge in [0.15, 0.2) is 10.8 Å². The van der Waals surface area contributed by atoms with E-state index in [9.17, 15) is 13.2 Å². The van der Waals surface area contributed by atoms with E-state index in [0.29, 0.717) is 30.3 Å². The summed E-state index contributed by atoms with van der Waals surface area (Å²) in [6.45, 7) is 4.51. The molecule has 142 valence electrons. The SMILES string of the molecule is Cc1c(Br)c(C(F)(F)F)nn1CCCNC(=S)NC(C)c1ccccc1. The number of aromatic nitrogens is 2. The van der Waals surface area contributed by atoms with Crippen LogP contribution in [0, 0.1) is 6.92 Å². The second-order valence-electron chi connectivity index (χ2n) is 5.86. The van der Waals surface area contributed by atoms with Gasteiger partial charge in [-0.25, -0.2) is 0 Å². The minimum Gasteiger partial charge on any atom is -0.363 e. The molecule has 0 aliphatic carbocycles. The smallest absolute Gasteiger partial charge is 0.363 e. The van der Waals surface area contributed by atoms with Crippen molar-refractivity contribution in [3.05, 3.63) is 51.8 Å². The van der Waals surface area contributed by atoms with Gasteiger partial charge in [0.1, 0.15) is 0 Å². The first-order valence-corrected chi connectivity index (χ1v) is 9.29. The molecule has 26 heavy (non-hydrogen) atoms. The van der Waals surface area contributed by atoms with E-state index in [1.54, 1.807) is 6.92 Å². The normalized spacial score (nSPS) is 12.7. The number of benzene rings is 1. The molecule has 0 aliphatic heterocycles. The van der Waals surface area contributed by atoms with Crippen LogP contribution >= 0.6 is 28.1 Å². The largest absolute Gasteiger partial charge is 0.436 e. The standard InChI is InChI=1S/C17H20BrF3N4S/c1-11(13-7-4-3-5-8-13)23-16(26)22-9-6-10-25-12(2)14(18)15(24-25)17(19,20)21/h3-5,7-8,11H,6,9-10H2,1-2H3,(H2,22,23,26). The summed E-state index contributed by atoms with van der Waals surface area (Å²) in [5.74, 6) is 0. The van der Waals surface area contributed by atoms with Crippen LogP contribution in [0.25, 0.3) is 0 Å². The van der Waals surface area contributed by atoms with E-state index in [2.05, 4.69) is 31.7 Å². The van der Waals surface area contributed by atoms with Gasteiger partial charge in [0, 0.05) is 13.1 Å². The Bertz CT molecular complexity index is 746. The highest BCUT2D eigenvalue weighted by Crippen LogP contribution is 2.35. The van der Waals surface area contributed by atoms with E-state index in [1.807, 2.05) is 37.3 Å². The molecule has 0 fully saturated rings. The molecule has 0 radical (unpaired) electrons. The average Bonchev–Trinajstić information content (AvgIpc) is 2.88. The van der Waals surface area contributed by atoms with Gasteiger partial charge in [-0.2, -0.15) is 18.3 Å². The number of hydrogen-bond acceptors (Lipinski definition) is 2. The van der Waals surface area contributed by atoms with Gasteiger partial charge < -0.3 is 10.6 Å². The van der Waals surface area contributed by atoms with E-state index in [4.69, 9.17) is 12.2 Å². The molecule has 0 bridgehead atoms. The Morgan fingerprint density at radius 1 is 1.31 bits per heavy atom. The maximum Gasteiger partial charge on any atom is 0.436 e. The van der Waals surface area contributed by atoms with Crippen molar-refractivity contribution >= 4 is 33.3 Å². The van der Waals surface area contributed by atoms with Crippen molar-refractivity contribution in [2.24, 2.45) is 0 Å². The van der Waals surface area contributed by atoms with Gasteiger partial charge in [-0.1, -0.05) is 30.3 Å². The zero-order valence-corrected chi connectivity index (χ0v) is 16.8. The Kier molecular flexibility index (Phi) is 7.05. The summed E-state index contributed by atoms with van der Waals surface area (Å²) in [6.07, 6.45) is -3.88. The lowest BCUT2D eigenvalue weighted by Gasteiger charge is -2.17. The van der Waals surface area contributed by atoms with E-state index in [0.717, 1.165) is 5.56 Å². The summed E-state index contributed by atoms with van der Waals surface area (Å²) < 4.78 is 39.9. The Morgan fingerprint density at radius 2 is 1.96 bits per heavy atom. The number of nitrogens with zero attached hydrogens (tertiary/aromatic N) is 2. The second-order valence-corrected chi connectivity index (χ2v) is 7.06. The van der Waals surface area contributed by atoms with Crippen LogP contribution in [0.4, 0.5) is 13.2 Å². The lowest BCUT2D eigenvalue weighted by atomic mass is 10.1. The molecular weight excluding hydrogens is 429 g/mol. The summed E-state index contributed by atoms with van der Waals surface area (Å²) in [6, 6.07) is 9.96.